The number of hydrogen-bond donors (Lipinski definition) is 1. The Morgan fingerprint density at radius 1 is 1.28 bits per heavy atom. The molecule has 2 aromatic rings. The predicted octanol–water partition coefficient (Wildman–Crippen LogP) is 2.46. The van der Waals surface area contributed by atoms with Gasteiger partial charge < -0.3 is 5.32 Å². The quantitative estimate of drug-likeness (QED) is 0.866. The Kier molecular flexibility index (Phi) is 4.87. The molecule has 0 aliphatic rings. The minimum absolute atomic E-state index is 0.916. The number of nitrogens with one attached hydrogen (secondary N) is 1. The summed E-state index contributed by atoms with van der Waals surface area (Å²) < 4.78 is 0. The maximum atomic E-state index is 4.68. The largest absolute Gasteiger partial charge is 0.318 e. The molecule has 0 aliphatic carbocycles. The lowest BCUT2D eigenvalue weighted by atomic mass is 10.2. The lowest BCUT2D eigenvalue weighted by Crippen LogP contribution is -2.26. The van der Waals surface area contributed by atoms with Gasteiger partial charge in [-0.3, -0.25) is 4.90 Å². The van der Waals surface area contributed by atoms with Gasteiger partial charge in [0.15, 0.2) is 0 Å². The zero-order valence-corrected chi connectivity index (χ0v) is 11.7. The Morgan fingerprint density at radius 3 is 2.78 bits per heavy atom. The van der Waals surface area contributed by atoms with Gasteiger partial charge in [0.2, 0.25) is 0 Å². The van der Waals surface area contributed by atoms with Crippen molar-refractivity contribution in [1.82, 2.24) is 15.2 Å². The molecule has 0 aliphatic heterocycles. The standard InChI is InChI=1S/C14H19N3S/c1-15-8-9-17(2)10-14-16-13(11-18-14)12-6-4-3-5-7-12/h3-7,11,15H,8-10H2,1-2H3. The summed E-state index contributed by atoms with van der Waals surface area (Å²) in [5.74, 6) is 0. The monoisotopic (exact) mass is 261 g/mol. The predicted molar refractivity (Wildman–Crippen MR) is 77.8 cm³/mol. The Balaban J connectivity index is 1.98. The van der Waals surface area contributed by atoms with E-state index in [0.29, 0.717) is 0 Å². The smallest absolute Gasteiger partial charge is 0.107 e. The summed E-state index contributed by atoms with van der Waals surface area (Å²) in [7, 11) is 4.10. The average molecular weight is 261 g/mol. The van der Waals surface area contributed by atoms with Crippen molar-refractivity contribution in [2.24, 2.45) is 0 Å². The van der Waals surface area contributed by atoms with Gasteiger partial charge in [0, 0.05) is 24.0 Å². The van der Waals surface area contributed by atoms with Crippen molar-refractivity contribution >= 4 is 11.3 Å². The summed E-state index contributed by atoms with van der Waals surface area (Å²) in [5.41, 5.74) is 2.27. The van der Waals surface area contributed by atoms with E-state index in [4.69, 9.17) is 0 Å². The zero-order valence-electron chi connectivity index (χ0n) is 10.9. The number of aromatic nitrogens is 1. The lowest BCUT2D eigenvalue weighted by molar-refractivity contribution is 0.328. The average Bonchev–Trinajstić information content (AvgIpc) is 2.86. The molecule has 0 amide bonds. The second-order valence-electron chi connectivity index (χ2n) is 4.33. The van der Waals surface area contributed by atoms with Gasteiger partial charge >= 0.3 is 0 Å². The Morgan fingerprint density at radius 2 is 2.06 bits per heavy atom. The molecule has 1 N–H and O–H groups in total. The molecule has 96 valence electrons. The van der Waals surface area contributed by atoms with Crippen molar-refractivity contribution in [2.45, 2.75) is 6.54 Å². The van der Waals surface area contributed by atoms with Crippen molar-refractivity contribution in [3.8, 4) is 11.3 Å². The molecule has 1 aromatic carbocycles. The molecule has 3 nitrogen and oxygen atoms in total. The van der Waals surface area contributed by atoms with Crippen LogP contribution in [-0.4, -0.2) is 37.1 Å². The van der Waals surface area contributed by atoms with E-state index >= 15 is 0 Å². The molecular weight excluding hydrogens is 242 g/mol. The first-order valence-electron chi connectivity index (χ1n) is 6.12. The molecule has 0 saturated heterocycles. The highest BCUT2D eigenvalue weighted by Gasteiger charge is 2.06. The van der Waals surface area contributed by atoms with Crippen molar-refractivity contribution in [3.63, 3.8) is 0 Å². The molecule has 0 atom stereocenters. The van der Waals surface area contributed by atoms with Crippen LogP contribution in [0.1, 0.15) is 5.01 Å². The van der Waals surface area contributed by atoms with Crippen LogP contribution in [0.5, 0.6) is 0 Å². The maximum Gasteiger partial charge on any atom is 0.107 e. The lowest BCUT2D eigenvalue weighted by Gasteiger charge is -2.14. The molecule has 0 spiro atoms. The Bertz CT molecular complexity index is 467. The van der Waals surface area contributed by atoms with Crippen LogP contribution in [0.25, 0.3) is 11.3 Å². The second kappa shape index (κ2) is 6.64. The highest BCUT2D eigenvalue weighted by Crippen LogP contribution is 2.21. The maximum absolute atomic E-state index is 4.68. The number of nitrogens with zero attached hydrogens (tertiary/aromatic N) is 2. The normalized spacial score (nSPS) is 11.1. The third-order valence-corrected chi connectivity index (χ3v) is 3.60. The molecule has 0 unspecified atom stereocenters. The first-order valence-corrected chi connectivity index (χ1v) is 7.00. The summed E-state index contributed by atoms with van der Waals surface area (Å²) in [6.45, 7) is 2.96. The van der Waals surface area contributed by atoms with Crippen LogP contribution < -0.4 is 5.32 Å². The van der Waals surface area contributed by atoms with Crippen LogP contribution in [-0.2, 0) is 6.54 Å². The first kappa shape index (κ1) is 13.2. The van der Waals surface area contributed by atoms with Crippen molar-refractivity contribution in [1.29, 1.82) is 0 Å². The molecule has 1 heterocycles. The van der Waals surface area contributed by atoms with Gasteiger partial charge in [-0.1, -0.05) is 30.3 Å². The van der Waals surface area contributed by atoms with Crippen molar-refractivity contribution in [2.75, 3.05) is 27.2 Å². The van der Waals surface area contributed by atoms with Crippen LogP contribution in [0.3, 0.4) is 0 Å². The van der Waals surface area contributed by atoms with E-state index in [2.05, 4.69) is 39.8 Å². The zero-order chi connectivity index (χ0) is 12.8. The third kappa shape index (κ3) is 3.63. The summed E-state index contributed by atoms with van der Waals surface area (Å²) in [5, 5.41) is 6.47. The Hall–Kier alpha value is -1.23. The minimum atomic E-state index is 0.916. The third-order valence-electron chi connectivity index (χ3n) is 2.77. The molecule has 0 saturated carbocycles. The van der Waals surface area contributed by atoms with Crippen LogP contribution in [0.4, 0.5) is 0 Å². The van der Waals surface area contributed by atoms with Gasteiger partial charge in [-0.15, -0.1) is 11.3 Å². The second-order valence-corrected chi connectivity index (χ2v) is 5.28. The number of thiazole rings is 1. The summed E-state index contributed by atoms with van der Waals surface area (Å²) in [4.78, 5) is 6.97. The van der Waals surface area contributed by atoms with Gasteiger partial charge in [0.25, 0.3) is 0 Å². The van der Waals surface area contributed by atoms with E-state index in [1.807, 2.05) is 25.2 Å². The molecule has 0 radical (unpaired) electrons. The van der Waals surface area contributed by atoms with E-state index in [0.717, 1.165) is 25.3 Å². The fourth-order valence-corrected chi connectivity index (χ4v) is 2.62. The van der Waals surface area contributed by atoms with E-state index in [1.165, 1.54) is 10.6 Å². The van der Waals surface area contributed by atoms with Gasteiger partial charge in [0.1, 0.15) is 5.01 Å². The summed E-state index contributed by atoms with van der Waals surface area (Å²) >= 11 is 1.73. The van der Waals surface area contributed by atoms with E-state index in [1.54, 1.807) is 11.3 Å². The van der Waals surface area contributed by atoms with E-state index in [9.17, 15) is 0 Å². The number of benzene rings is 1. The molecular formula is C14H19N3S. The number of rotatable bonds is 6. The van der Waals surface area contributed by atoms with Crippen LogP contribution >= 0.6 is 11.3 Å². The van der Waals surface area contributed by atoms with E-state index in [-0.39, 0.29) is 0 Å². The van der Waals surface area contributed by atoms with E-state index < -0.39 is 0 Å². The molecule has 4 heteroatoms. The summed E-state index contributed by atoms with van der Waals surface area (Å²) in [6.07, 6.45) is 0. The highest BCUT2D eigenvalue weighted by atomic mass is 32.1. The van der Waals surface area contributed by atoms with Gasteiger partial charge in [-0.05, 0) is 14.1 Å². The molecule has 1 aromatic heterocycles. The van der Waals surface area contributed by atoms with Gasteiger partial charge in [-0.2, -0.15) is 0 Å². The molecule has 18 heavy (non-hydrogen) atoms. The minimum Gasteiger partial charge on any atom is -0.318 e. The van der Waals surface area contributed by atoms with Gasteiger partial charge in [0.05, 0.1) is 12.2 Å². The molecule has 2 rings (SSSR count). The Labute approximate surface area is 112 Å². The van der Waals surface area contributed by atoms with Crippen LogP contribution in [0.2, 0.25) is 0 Å². The SMILES string of the molecule is CNCCN(C)Cc1nc(-c2ccccc2)cs1. The molecule has 0 bridgehead atoms. The highest BCUT2D eigenvalue weighted by molar-refractivity contribution is 7.09. The fourth-order valence-electron chi connectivity index (χ4n) is 1.74. The van der Waals surface area contributed by atoms with Crippen LogP contribution in [0, 0.1) is 0 Å². The number of hydrogen-bond acceptors (Lipinski definition) is 4. The summed E-state index contributed by atoms with van der Waals surface area (Å²) in [6, 6.07) is 10.3. The van der Waals surface area contributed by atoms with Crippen molar-refractivity contribution in [3.05, 3.63) is 40.7 Å². The van der Waals surface area contributed by atoms with Crippen LogP contribution in [0.15, 0.2) is 35.7 Å². The molecule has 0 fully saturated rings. The fraction of sp³-hybridized carbons (Fsp3) is 0.357. The topological polar surface area (TPSA) is 28.2 Å². The van der Waals surface area contributed by atoms with Crippen molar-refractivity contribution < 1.29 is 0 Å². The number of likely N-dealkylation sites (N-methyl/N-ethyl adjacent to an activating group) is 2. The van der Waals surface area contributed by atoms with Gasteiger partial charge in [-0.25, -0.2) is 4.98 Å². The first-order chi connectivity index (χ1) is 8.79.